The van der Waals surface area contributed by atoms with Crippen LogP contribution in [0.3, 0.4) is 0 Å². The predicted molar refractivity (Wildman–Crippen MR) is 150 cm³/mol. The van der Waals surface area contributed by atoms with Crippen LogP contribution in [0.2, 0.25) is 0 Å². The number of nitrogen functional groups attached to an aromatic ring is 1. The van der Waals surface area contributed by atoms with E-state index in [2.05, 4.69) is 10.6 Å². The zero-order valence-corrected chi connectivity index (χ0v) is 22.2. The number of hydrogen-bond acceptors (Lipinski definition) is 7. The molecule has 1 heterocycles. The Morgan fingerprint density at radius 3 is 2.48 bits per heavy atom. The molecule has 0 saturated carbocycles. The molecule has 3 aromatic carbocycles. The maximum Gasteiger partial charge on any atom is 0.335 e. The molecule has 1 aliphatic heterocycles. The summed E-state index contributed by atoms with van der Waals surface area (Å²) in [7, 11) is 1.48. The van der Waals surface area contributed by atoms with Gasteiger partial charge in [0.05, 0.1) is 42.6 Å². The molecule has 1 saturated heterocycles. The Labute approximate surface area is 231 Å². The number of amides is 3. The molecule has 3 aromatic rings. The fraction of sp³-hybridized carbons (Fsp3) is 0.276. The number of nitrogens with zero attached hydrogens (tertiary/aromatic N) is 1. The number of ether oxygens (including phenoxy) is 2. The van der Waals surface area contributed by atoms with Crippen LogP contribution in [-0.2, 0) is 11.2 Å². The number of benzene rings is 3. The molecule has 2 atom stereocenters. The molecule has 1 unspecified atom stereocenters. The van der Waals surface area contributed by atoms with Gasteiger partial charge in [-0.25, -0.2) is 9.59 Å². The van der Waals surface area contributed by atoms with E-state index >= 15 is 0 Å². The van der Waals surface area contributed by atoms with Gasteiger partial charge in [0.1, 0.15) is 18.1 Å². The lowest BCUT2D eigenvalue weighted by molar-refractivity contribution is -0.132. The molecule has 0 spiro atoms. The fourth-order valence-corrected chi connectivity index (χ4v) is 4.57. The summed E-state index contributed by atoms with van der Waals surface area (Å²) in [6, 6.07) is 15.8. The SMILES string of the molecule is COc1cc(CC(=O)N2CC(O)C[C@H]2COc2ccc(C(=O)O)cc2N)ccc1NC(=O)Nc1ccccc1C. The predicted octanol–water partition coefficient (Wildman–Crippen LogP) is 3.51. The van der Waals surface area contributed by atoms with Crippen LogP contribution >= 0.6 is 0 Å². The van der Waals surface area contributed by atoms with Crippen molar-refractivity contribution in [2.24, 2.45) is 0 Å². The maximum atomic E-state index is 13.2. The largest absolute Gasteiger partial charge is 0.495 e. The van der Waals surface area contributed by atoms with Crippen molar-refractivity contribution in [3.8, 4) is 11.5 Å². The molecule has 0 radical (unpaired) electrons. The molecule has 6 N–H and O–H groups in total. The van der Waals surface area contributed by atoms with E-state index in [-0.39, 0.29) is 36.7 Å². The Bertz CT molecular complexity index is 1410. The van der Waals surface area contributed by atoms with Gasteiger partial charge in [-0.1, -0.05) is 24.3 Å². The highest BCUT2D eigenvalue weighted by molar-refractivity contribution is 6.01. The summed E-state index contributed by atoms with van der Waals surface area (Å²) in [5.41, 5.74) is 8.86. The Hall–Kier alpha value is -4.77. The first-order valence-corrected chi connectivity index (χ1v) is 12.7. The van der Waals surface area contributed by atoms with E-state index in [1.54, 1.807) is 29.2 Å². The van der Waals surface area contributed by atoms with Crippen molar-refractivity contribution >= 4 is 35.0 Å². The lowest BCUT2D eigenvalue weighted by atomic mass is 10.1. The highest BCUT2D eigenvalue weighted by atomic mass is 16.5. The summed E-state index contributed by atoms with van der Waals surface area (Å²) in [5, 5.41) is 24.9. The Morgan fingerprint density at radius 2 is 1.77 bits per heavy atom. The second-order valence-electron chi connectivity index (χ2n) is 9.56. The van der Waals surface area contributed by atoms with Crippen molar-refractivity contribution in [1.82, 2.24) is 4.90 Å². The average molecular weight is 549 g/mol. The van der Waals surface area contributed by atoms with Gasteiger partial charge in [0.25, 0.3) is 0 Å². The van der Waals surface area contributed by atoms with Gasteiger partial charge in [-0.15, -0.1) is 0 Å². The number of carboxylic acid groups (broad SMARTS) is 1. The number of methoxy groups -OCH3 is 1. The van der Waals surface area contributed by atoms with E-state index in [0.29, 0.717) is 34.9 Å². The number of likely N-dealkylation sites (tertiary alicyclic amines) is 1. The third-order valence-electron chi connectivity index (χ3n) is 6.66. The standard InChI is InChI=1S/C29H32N4O7/c1-17-5-3-4-6-23(17)31-29(38)32-24-9-7-18(11-26(24)39-2)12-27(35)33-15-21(34)14-20(33)16-40-25-10-8-19(28(36)37)13-22(25)30/h3-11,13,20-21,34H,12,14-16,30H2,1-2H3,(H,36,37)(H2,31,32,38)/t20-,21?/m0/s1. The fourth-order valence-electron chi connectivity index (χ4n) is 4.57. The van der Waals surface area contributed by atoms with E-state index in [1.165, 1.54) is 25.3 Å². The number of carbonyl (C=O) groups excluding carboxylic acids is 2. The number of rotatable bonds is 9. The third-order valence-corrected chi connectivity index (χ3v) is 6.66. The minimum Gasteiger partial charge on any atom is -0.495 e. The van der Waals surface area contributed by atoms with Crippen molar-refractivity contribution in [3.63, 3.8) is 0 Å². The van der Waals surface area contributed by atoms with Crippen LogP contribution in [0.15, 0.2) is 60.7 Å². The van der Waals surface area contributed by atoms with E-state index in [4.69, 9.17) is 20.3 Å². The summed E-state index contributed by atoms with van der Waals surface area (Å²) < 4.78 is 11.2. The number of nitrogens with two attached hydrogens (primary N) is 1. The Kier molecular flexibility index (Phi) is 8.75. The normalized spacial score (nSPS) is 16.3. The number of β-amino-alcohol motifs (C(OH)–C–C–N with tert-alkyl or cyclic N) is 1. The molecule has 0 bridgehead atoms. The number of aliphatic hydroxyl groups is 1. The first-order chi connectivity index (χ1) is 19.1. The highest BCUT2D eigenvalue weighted by Gasteiger charge is 2.35. The van der Waals surface area contributed by atoms with Crippen molar-refractivity contribution < 1.29 is 34.1 Å². The van der Waals surface area contributed by atoms with Crippen molar-refractivity contribution in [1.29, 1.82) is 0 Å². The van der Waals surface area contributed by atoms with Gasteiger partial charge in [0.2, 0.25) is 5.91 Å². The van der Waals surface area contributed by atoms with Gasteiger partial charge in [-0.05, 0) is 60.9 Å². The number of carboxylic acids is 1. The second kappa shape index (κ2) is 12.4. The van der Waals surface area contributed by atoms with E-state index in [0.717, 1.165) is 5.56 Å². The molecule has 1 aliphatic rings. The highest BCUT2D eigenvalue weighted by Crippen LogP contribution is 2.28. The Morgan fingerprint density at radius 1 is 1.02 bits per heavy atom. The average Bonchev–Trinajstić information content (AvgIpc) is 3.30. The number of aromatic carboxylic acids is 1. The van der Waals surface area contributed by atoms with Gasteiger partial charge in [0.15, 0.2) is 0 Å². The number of aryl methyl sites for hydroxylation is 1. The van der Waals surface area contributed by atoms with Crippen LogP contribution in [0, 0.1) is 6.92 Å². The molecule has 0 aromatic heterocycles. The van der Waals surface area contributed by atoms with Gasteiger partial charge in [0, 0.05) is 12.2 Å². The van der Waals surface area contributed by atoms with E-state index < -0.39 is 24.1 Å². The molecule has 3 amide bonds. The van der Waals surface area contributed by atoms with Crippen LogP contribution in [0.1, 0.15) is 27.9 Å². The van der Waals surface area contributed by atoms with Crippen molar-refractivity contribution in [2.75, 3.05) is 36.6 Å². The number of nitrogens with one attached hydrogen (secondary N) is 2. The number of aliphatic hydroxyl groups excluding tert-OH is 1. The molecule has 0 aliphatic carbocycles. The molecular weight excluding hydrogens is 516 g/mol. The van der Waals surface area contributed by atoms with E-state index in [1.807, 2.05) is 25.1 Å². The second-order valence-corrected chi connectivity index (χ2v) is 9.56. The summed E-state index contributed by atoms with van der Waals surface area (Å²) in [5.74, 6) is -0.607. The topological polar surface area (TPSA) is 163 Å². The number of urea groups is 1. The van der Waals surface area contributed by atoms with Crippen LogP contribution < -0.4 is 25.8 Å². The van der Waals surface area contributed by atoms with Crippen LogP contribution in [0.4, 0.5) is 21.9 Å². The minimum atomic E-state index is -1.10. The maximum absolute atomic E-state index is 13.2. The van der Waals surface area contributed by atoms with Crippen LogP contribution in [-0.4, -0.2) is 65.4 Å². The quantitative estimate of drug-likeness (QED) is 0.254. The molecule has 4 rings (SSSR count). The lowest BCUT2D eigenvalue weighted by Crippen LogP contribution is -2.40. The smallest absolute Gasteiger partial charge is 0.335 e. The number of hydrogen-bond donors (Lipinski definition) is 5. The van der Waals surface area contributed by atoms with Crippen molar-refractivity contribution in [2.45, 2.75) is 31.9 Å². The zero-order chi connectivity index (χ0) is 28.8. The molecule has 11 heteroatoms. The van der Waals surface area contributed by atoms with Gasteiger partial charge < -0.3 is 41.0 Å². The molecule has 1 fully saturated rings. The number of carbonyl (C=O) groups is 3. The third kappa shape index (κ3) is 6.80. The summed E-state index contributed by atoms with van der Waals surface area (Å²) in [6.45, 7) is 2.14. The zero-order valence-electron chi connectivity index (χ0n) is 22.2. The number of anilines is 3. The molecular formula is C29H32N4O7. The summed E-state index contributed by atoms with van der Waals surface area (Å²) >= 11 is 0. The van der Waals surface area contributed by atoms with Gasteiger partial charge >= 0.3 is 12.0 Å². The monoisotopic (exact) mass is 548 g/mol. The molecule has 11 nitrogen and oxygen atoms in total. The first kappa shape index (κ1) is 28.2. The molecule has 40 heavy (non-hydrogen) atoms. The molecule has 210 valence electrons. The van der Waals surface area contributed by atoms with Crippen molar-refractivity contribution in [3.05, 3.63) is 77.4 Å². The summed E-state index contributed by atoms with van der Waals surface area (Å²) in [6.07, 6.45) is -0.316. The van der Waals surface area contributed by atoms with Gasteiger partial charge in [-0.3, -0.25) is 4.79 Å². The number of para-hydroxylation sites is 1. The van der Waals surface area contributed by atoms with Gasteiger partial charge in [-0.2, -0.15) is 0 Å². The summed E-state index contributed by atoms with van der Waals surface area (Å²) in [4.78, 5) is 38.4. The lowest BCUT2D eigenvalue weighted by Gasteiger charge is -2.25. The van der Waals surface area contributed by atoms with Crippen LogP contribution in [0.5, 0.6) is 11.5 Å². The minimum absolute atomic E-state index is 0.0431. The first-order valence-electron chi connectivity index (χ1n) is 12.7. The Balaban J connectivity index is 1.38. The van der Waals surface area contributed by atoms with E-state index in [9.17, 15) is 19.5 Å². The van der Waals surface area contributed by atoms with Crippen LogP contribution in [0.25, 0.3) is 0 Å².